The molecule has 1 aromatic carbocycles. The number of benzene rings is 1. The topological polar surface area (TPSA) is 39.4 Å². The van der Waals surface area contributed by atoms with Crippen LogP contribution in [0.4, 0.5) is 13.2 Å². The van der Waals surface area contributed by atoms with E-state index in [4.69, 9.17) is 20.8 Å². The number of allylic oxidation sites excluding steroid dienone is 2. The van der Waals surface area contributed by atoms with Gasteiger partial charge in [-0.05, 0) is 41.5 Å². The summed E-state index contributed by atoms with van der Waals surface area (Å²) in [4.78, 5) is 12.5. The molecule has 0 bridgehead atoms. The lowest BCUT2D eigenvalue weighted by Crippen LogP contribution is -2.11. The standard InChI is InChI=1S/C21H20ClF3O3/c1-12-13(6-4-7-14(12)16-8-5-9-27-16)11-28-19(26)18-15(20(18,2)3)10-17(22)21(23,24)25/h4-10,15,18H,11H2,1-3H3/t15-,18-/m0/s1. The van der Waals surface area contributed by atoms with Crippen molar-refractivity contribution in [3.8, 4) is 11.3 Å². The first kappa shape index (κ1) is 20.5. The Hall–Kier alpha value is -2.21. The van der Waals surface area contributed by atoms with Crippen LogP contribution < -0.4 is 0 Å². The molecular weight excluding hydrogens is 393 g/mol. The minimum atomic E-state index is -4.61. The zero-order valence-corrected chi connectivity index (χ0v) is 16.4. The van der Waals surface area contributed by atoms with Crippen LogP contribution in [0.25, 0.3) is 11.3 Å². The van der Waals surface area contributed by atoms with Crippen molar-refractivity contribution in [2.75, 3.05) is 0 Å². The monoisotopic (exact) mass is 412 g/mol. The fraction of sp³-hybridized carbons (Fsp3) is 0.381. The highest BCUT2D eigenvalue weighted by Gasteiger charge is 2.62. The van der Waals surface area contributed by atoms with Crippen molar-refractivity contribution in [2.45, 2.75) is 33.6 Å². The molecule has 0 spiro atoms. The Labute approximate surface area is 166 Å². The van der Waals surface area contributed by atoms with Gasteiger partial charge in [-0.25, -0.2) is 0 Å². The van der Waals surface area contributed by atoms with E-state index >= 15 is 0 Å². The Bertz CT molecular complexity index is 898. The lowest BCUT2D eigenvalue weighted by molar-refractivity contribution is -0.147. The molecule has 150 valence electrons. The summed E-state index contributed by atoms with van der Waals surface area (Å²) in [6, 6.07) is 9.21. The largest absolute Gasteiger partial charge is 0.464 e. The van der Waals surface area contributed by atoms with Gasteiger partial charge in [-0.2, -0.15) is 13.2 Å². The van der Waals surface area contributed by atoms with Gasteiger partial charge in [0.15, 0.2) is 0 Å². The van der Waals surface area contributed by atoms with Gasteiger partial charge in [0.25, 0.3) is 0 Å². The molecule has 2 atom stereocenters. The van der Waals surface area contributed by atoms with Crippen LogP contribution in [-0.2, 0) is 16.1 Å². The fourth-order valence-electron chi connectivity index (χ4n) is 3.47. The number of furan rings is 1. The molecule has 0 unspecified atom stereocenters. The number of hydrogen-bond donors (Lipinski definition) is 0. The maximum absolute atomic E-state index is 12.7. The molecule has 7 heteroatoms. The number of hydrogen-bond acceptors (Lipinski definition) is 3. The van der Waals surface area contributed by atoms with Gasteiger partial charge in [0.05, 0.1) is 12.2 Å². The predicted octanol–water partition coefficient (Wildman–Crippen LogP) is 6.26. The number of rotatable bonds is 5. The van der Waals surface area contributed by atoms with E-state index in [9.17, 15) is 18.0 Å². The second kappa shape index (κ2) is 7.32. The number of esters is 1. The summed E-state index contributed by atoms with van der Waals surface area (Å²) in [6.45, 7) is 5.39. The van der Waals surface area contributed by atoms with Crippen LogP contribution in [-0.4, -0.2) is 12.1 Å². The van der Waals surface area contributed by atoms with Crippen molar-refractivity contribution < 1.29 is 27.1 Å². The zero-order chi connectivity index (χ0) is 20.7. The van der Waals surface area contributed by atoms with Gasteiger partial charge in [-0.3, -0.25) is 4.79 Å². The Morgan fingerprint density at radius 2 is 2.00 bits per heavy atom. The summed E-state index contributed by atoms with van der Waals surface area (Å²) in [6.07, 6.45) is -2.12. The molecule has 1 aliphatic carbocycles. The molecule has 3 nitrogen and oxygen atoms in total. The van der Waals surface area contributed by atoms with Crippen LogP contribution in [0.5, 0.6) is 0 Å². The first-order valence-corrected chi connectivity index (χ1v) is 9.14. The molecule has 1 fully saturated rings. The van der Waals surface area contributed by atoms with E-state index in [-0.39, 0.29) is 6.61 Å². The van der Waals surface area contributed by atoms with Crippen LogP contribution in [0.2, 0.25) is 0 Å². The second-order valence-electron chi connectivity index (χ2n) is 7.51. The van der Waals surface area contributed by atoms with Crippen LogP contribution >= 0.6 is 11.6 Å². The summed E-state index contributed by atoms with van der Waals surface area (Å²) >= 11 is 5.32. The van der Waals surface area contributed by atoms with Gasteiger partial charge < -0.3 is 9.15 Å². The highest BCUT2D eigenvalue weighted by Crippen LogP contribution is 2.60. The Morgan fingerprint density at radius 1 is 1.29 bits per heavy atom. The molecule has 28 heavy (non-hydrogen) atoms. The molecular formula is C21H20ClF3O3. The van der Waals surface area contributed by atoms with Gasteiger partial charge in [-0.1, -0.05) is 49.7 Å². The normalized spacial score (nSPS) is 21.5. The van der Waals surface area contributed by atoms with E-state index in [2.05, 4.69) is 0 Å². The van der Waals surface area contributed by atoms with Crippen molar-refractivity contribution in [1.29, 1.82) is 0 Å². The summed E-state index contributed by atoms with van der Waals surface area (Å²) in [5.41, 5.74) is 1.98. The maximum Gasteiger partial charge on any atom is 0.426 e. The zero-order valence-electron chi connectivity index (χ0n) is 15.6. The van der Waals surface area contributed by atoms with E-state index in [1.54, 1.807) is 26.2 Å². The highest BCUT2D eigenvalue weighted by molar-refractivity contribution is 6.30. The van der Waals surface area contributed by atoms with Gasteiger partial charge >= 0.3 is 12.1 Å². The van der Waals surface area contributed by atoms with Crippen molar-refractivity contribution in [3.05, 3.63) is 58.8 Å². The fourth-order valence-corrected chi connectivity index (χ4v) is 3.60. The molecule has 0 radical (unpaired) electrons. The quantitative estimate of drug-likeness (QED) is 0.544. The summed E-state index contributed by atoms with van der Waals surface area (Å²) in [7, 11) is 0. The van der Waals surface area contributed by atoms with Crippen LogP contribution in [0.1, 0.15) is 25.0 Å². The van der Waals surface area contributed by atoms with Crippen molar-refractivity contribution in [1.82, 2.24) is 0 Å². The maximum atomic E-state index is 12.7. The molecule has 0 saturated heterocycles. The third-order valence-corrected chi connectivity index (χ3v) is 5.70. The number of alkyl halides is 3. The molecule has 1 heterocycles. The molecule has 1 aliphatic rings. The molecule has 0 N–H and O–H groups in total. The van der Waals surface area contributed by atoms with Crippen LogP contribution in [0.3, 0.4) is 0 Å². The minimum Gasteiger partial charge on any atom is -0.464 e. The van der Waals surface area contributed by atoms with E-state index in [1.165, 1.54) is 0 Å². The Balaban J connectivity index is 1.69. The van der Waals surface area contributed by atoms with Crippen LogP contribution in [0.15, 0.2) is 52.1 Å². The van der Waals surface area contributed by atoms with E-state index in [0.29, 0.717) is 5.76 Å². The SMILES string of the molecule is Cc1c(COC(=O)[C@@H]2[C@H](C=C(Cl)C(F)(F)F)C2(C)C)cccc1-c1ccco1. The number of carbonyl (C=O) groups excluding carboxylic acids is 1. The van der Waals surface area contributed by atoms with E-state index < -0.39 is 34.4 Å². The van der Waals surface area contributed by atoms with Crippen molar-refractivity contribution >= 4 is 17.6 Å². The Kier molecular flexibility index (Phi) is 5.36. The second-order valence-corrected chi connectivity index (χ2v) is 7.92. The predicted molar refractivity (Wildman–Crippen MR) is 99.4 cm³/mol. The molecule has 0 amide bonds. The number of ether oxygens (including phenoxy) is 1. The Morgan fingerprint density at radius 3 is 2.61 bits per heavy atom. The minimum absolute atomic E-state index is 0.0369. The van der Waals surface area contributed by atoms with E-state index in [1.807, 2.05) is 31.2 Å². The molecule has 1 aromatic heterocycles. The highest BCUT2D eigenvalue weighted by atomic mass is 35.5. The molecule has 0 aliphatic heterocycles. The molecule has 1 saturated carbocycles. The third-order valence-electron chi connectivity index (χ3n) is 5.36. The molecule has 3 rings (SSSR count). The van der Waals surface area contributed by atoms with Gasteiger partial charge in [0.1, 0.15) is 17.4 Å². The molecule has 2 aromatic rings. The number of halogens is 4. The third kappa shape index (κ3) is 3.97. The van der Waals surface area contributed by atoms with Gasteiger partial charge in [-0.15, -0.1) is 0 Å². The average molecular weight is 413 g/mol. The van der Waals surface area contributed by atoms with Crippen LogP contribution in [0, 0.1) is 24.2 Å². The summed E-state index contributed by atoms with van der Waals surface area (Å²) in [5.74, 6) is -1.08. The average Bonchev–Trinajstić information content (AvgIpc) is 2.98. The lowest BCUT2D eigenvalue weighted by Gasteiger charge is -2.11. The summed E-state index contributed by atoms with van der Waals surface area (Å²) < 4.78 is 48.8. The lowest BCUT2D eigenvalue weighted by atomic mass is 10.0. The van der Waals surface area contributed by atoms with Gasteiger partial charge in [0, 0.05) is 5.56 Å². The first-order valence-electron chi connectivity index (χ1n) is 8.77. The van der Waals surface area contributed by atoms with E-state index in [0.717, 1.165) is 22.8 Å². The van der Waals surface area contributed by atoms with Crippen molar-refractivity contribution in [3.63, 3.8) is 0 Å². The summed E-state index contributed by atoms with van der Waals surface area (Å²) in [5, 5.41) is -1.21. The van der Waals surface area contributed by atoms with Gasteiger partial charge in [0.2, 0.25) is 0 Å². The smallest absolute Gasteiger partial charge is 0.426 e. The van der Waals surface area contributed by atoms with Crippen molar-refractivity contribution in [2.24, 2.45) is 17.3 Å². The number of carbonyl (C=O) groups is 1. The first-order chi connectivity index (χ1) is 13.0.